The largest absolute Gasteiger partial charge is 0.505 e. The van der Waals surface area contributed by atoms with Crippen molar-refractivity contribution >= 4 is 103 Å². The molecule has 0 heterocycles. The molecule has 0 saturated carbocycles. The van der Waals surface area contributed by atoms with Crippen molar-refractivity contribution in [2.75, 3.05) is 0 Å². The number of amides is 2. The fraction of sp³-hybridized carbons (Fsp3) is 0. The molecule has 334 valence electrons. The molecule has 8 rings (SSSR count). The van der Waals surface area contributed by atoms with Gasteiger partial charge < -0.3 is 10.2 Å². The summed E-state index contributed by atoms with van der Waals surface area (Å²) in [6.45, 7) is 0. The summed E-state index contributed by atoms with van der Waals surface area (Å²) in [5, 5.41) is 72.3. The first kappa shape index (κ1) is 45.3. The van der Waals surface area contributed by atoms with Crippen LogP contribution >= 0.6 is 23.2 Å². The van der Waals surface area contributed by atoms with Gasteiger partial charge >= 0.3 is 0 Å². The van der Waals surface area contributed by atoms with Crippen LogP contribution in [0.4, 0.5) is 34.1 Å². The van der Waals surface area contributed by atoms with Crippen LogP contribution in [0, 0.1) is 20.2 Å². The zero-order valence-corrected chi connectivity index (χ0v) is 36.2. The number of rotatable bonds is 13. The van der Waals surface area contributed by atoms with Gasteiger partial charge in [0.1, 0.15) is 22.7 Å². The number of carbonyl (C=O) groups is 2. The van der Waals surface area contributed by atoms with Crippen LogP contribution in [0.2, 0.25) is 10.0 Å². The Balaban J connectivity index is 0.998. The van der Waals surface area contributed by atoms with E-state index in [0.29, 0.717) is 43.8 Å². The summed E-state index contributed by atoms with van der Waals surface area (Å²) in [5.41, 5.74) is 6.56. The Kier molecular flexibility index (Phi) is 13.2. The maximum absolute atomic E-state index is 13.2. The van der Waals surface area contributed by atoms with Crippen molar-refractivity contribution < 1.29 is 29.6 Å². The van der Waals surface area contributed by atoms with Gasteiger partial charge in [0.15, 0.2) is 11.5 Å². The summed E-state index contributed by atoms with van der Waals surface area (Å²) < 4.78 is 0. The number of halogens is 2. The third kappa shape index (κ3) is 10.0. The lowest BCUT2D eigenvalue weighted by atomic mass is 10.0. The molecule has 0 radical (unpaired) electrons. The standard InChI is InChI=1S/C48H30Cl2N10O8/c49-39-23-29(15-17-41(39)53-55-43-35-13-3-1-9-31(35)21-37(45(43)61)47(63)57-51-25-27-7-5-11-33(19-27)59(65)66)30-16-18-42(40(50)24-30)54-56-44-36-14-4-2-10-32(36)22-38(46(44)62)48(64)58-52-26-28-8-6-12-34(20-28)60(67)68/h1-26,61-62H,(H,57,63)(H,58,64)/b51-25+,52-26+,55-53?,56-54?. The van der Waals surface area contributed by atoms with Crippen LogP contribution in [0.3, 0.4) is 0 Å². The molecule has 0 aliphatic heterocycles. The van der Waals surface area contributed by atoms with Crippen LogP contribution < -0.4 is 10.9 Å². The highest BCUT2D eigenvalue weighted by Gasteiger charge is 2.20. The molecule has 8 aromatic carbocycles. The normalized spacial score (nSPS) is 11.6. The number of hydrazone groups is 2. The summed E-state index contributed by atoms with van der Waals surface area (Å²) in [6.07, 6.45) is 2.47. The molecule has 0 aliphatic carbocycles. The van der Waals surface area contributed by atoms with Crippen LogP contribution in [0.25, 0.3) is 32.7 Å². The molecule has 4 N–H and O–H groups in total. The lowest BCUT2D eigenvalue weighted by Gasteiger charge is -2.10. The van der Waals surface area contributed by atoms with E-state index < -0.39 is 33.2 Å². The van der Waals surface area contributed by atoms with Gasteiger partial charge in [0.05, 0.1) is 43.4 Å². The molecular weight excluding hydrogens is 915 g/mol. The Morgan fingerprint density at radius 3 is 1.32 bits per heavy atom. The van der Waals surface area contributed by atoms with Gasteiger partial charge in [0.25, 0.3) is 23.2 Å². The molecule has 0 atom stereocenters. The highest BCUT2D eigenvalue weighted by atomic mass is 35.5. The number of fused-ring (bicyclic) bond motifs is 2. The highest BCUT2D eigenvalue weighted by Crippen LogP contribution is 2.43. The Morgan fingerprint density at radius 1 is 0.515 bits per heavy atom. The van der Waals surface area contributed by atoms with Crippen molar-refractivity contribution in [3.63, 3.8) is 0 Å². The maximum atomic E-state index is 13.2. The fourth-order valence-electron chi connectivity index (χ4n) is 6.82. The van der Waals surface area contributed by atoms with E-state index in [9.17, 15) is 40.0 Å². The molecule has 0 bridgehead atoms. The van der Waals surface area contributed by atoms with Gasteiger partial charge in [0.2, 0.25) is 0 Å². The average Bonchev–Trinajstić information content (AvgIpc) is 3.33. The number of carbonyl (C=O) groups excluding carboxylic acids is 2. The third-order valence-electron chi connectivity index (χ3n) is 10.1. The first-order chi connectivity index (χ1) is 32.8. The fourth-order valence-corrected chi connectivity index (χ4v) is 7.25. The second kappa shape index (κ2) is 19.9. The summed E-state index contributed by atoms with van der Waals surface area (Å²) >= 11 is 13.4. The van der Waals surface area contributed by atoms with Gasteiger partial charge in [-0.2, -0.15) is 10.2 Å². The number of azo groups is 2. The lowest BCUT2D eigenvalue weighted by molar-refractivity contribution is -0.385. The van der Waals surface area contributed by atoms with Gasteiger partial charge in [-0.25, -0.2) is 10.9 Å². The Bertz CT molecular complexity index is 3260. The van der Waals surface area contributed by atoms with Crippen LogP contribution in [0.15, 0.2) is 176 Å². The number of phenolic OH excluding ortho intramolecular Hbond substituents is 2. The molecule has 0 aromatic heterocycles. The number of non-ortho nitro benzene ring substituents is 2. The number of benzene rings is 8. The predicted octanol–water partition coefficient (Wildman–Crippen LogP) is 12.6. The number of phenols is 2. The molecule has 0 aliphatic rings. The summed E-state index contributed by atoms with van der Waals surface area (Å²) in [7, 11) is 0. The van der Waals surface area contributed by atoms with Gasteiger partial charge in [0, 0.05) is 46.2 Å². The third-order valence-corrected chi connectivity index (χ3v) is 10.8. The quantitative estimate of drug-likeness (QED) is 0.0373. The lowest BCUT2D eigenvalue weighted by Crippen LogP contribution is -2.17. The zero-order valence-electron chi connectivity index (χ0n) is 34.7. The van der Waals surface area contributed by atoms with Crippen molar-refractivity contribution in [2.45, 2.75) is 0 Å². The number of nitrogens with one attached hydrogen (secondary N) is 2. The Labute approximate surface area is 393 Å². The molecule has 18 nitrogen and oxygen atoms in total. The van der Waals surface area contributed by atoms with E-state index in [2.05, 4.69) is 41.5 Å². The maximum Gasteiger partial charge on any atom is 0.275 e. The van der Waals surface area contributed by atoms with Gasteiger partial charge in [-0.05, 0) is 58.3 Å². The topological polar surface area (TPSA) is 259 Å². The number of aromatic hydroxyl groups is 2. The van der Waals surface area contributed by atoms with Crippen LogP contribution in [-0.2, 0) is 0 Å². The molecule has 2 amide bonds. The predicted molar refractivity (Wildman–Crippen MR) is 258 cm³/mol. The second-order valence-electron chi connectivity index (χ2n) is 14.5. The van der Waals surface area contributed by atoms with Gasteiger partial charge in [-0.15, -0.1) is 20.5 Å². The Morgan fingerprint density at radius 2 is 0.926 bits per heavy atom. The van der Waals surface area contributed by atoms with E-state index in [1.54, 1.807) is 97.1 Å². The average molecular weight is 946 g/mol. The van der Waals surface area contributed by atoms with Crippen molar-refractivity contribution in [2.24, 2.45) is 30.7 Å². The molecule has 0 unspecified atom stereocenters. The van der Waals surface area contributed by atoms with Crippen LogP contribution in [-0.4, -0.2) is 44.3 Å². The first-order valence-electron chi connectivity index (χ1n) is 19.9. The summed E-state index contributed by atoms with van der Waals surface area (Å²) in [4.78, 5) is 47.6. The molecule has 8 aromatic rings. The number of nitrogens with zero attached hydrogens (tertiary/aromatic N) is 8. The van der Waals surface area contributed by atoms with E-state index in [1.165, 1.54) is 61.0 Å². The molecular formula is C48H30Cl2N10O8. The van der Waals surface area contributed by atoms with E-state index >= 15 is 0 Å². The number of nitro benzene ring substituents is 2. The van der Waals surface area contributed by atoms with Crippen LogP contribution in [0.1, 0.15) is 31.8 Å². The van der Waals surface area contributed by atoms with Crippen molar-refractivity contribution in [1.82, 2.24) is 10.9 Å². The molecule has 68 heavy (non-hydrogen) atoms. The molecule has 0 saturated heterocycles. The van der Waals surface area contributed by atoms with E-state index in [-0.39, 0.29) is 55.3 Å². The van der Waals surface area contributed by atoms with E-state index in [0.717, 1.165) is 0 Å². The molecule has 0 spiro atoms. The summed E-state index contributed by atoms with van der Waals surface area (Å²) in [6, 6.07) is 38.1. The number of nitro groups is 2. The Hall–Kier alpha value is -9.26. The second-order valence-corrected chi connectivity index (χ2v) is 15.3. The van der Waals surface area contributed by atoms with Crippen molar-refractivity contribution in [1.29, 1.82) is 0 Å². The van der Waals surface area contributed by atoms with Crippen molar-refractivity contribution in [3.8, 4) is 22.6 Å². The van der Waals surface area contributed by atoms with Crippen LogP contribution in [0.5, 0.6) is 11.5 Å². The van der Waals surface area contributed by atoms with Gasteiger partial charge in [-0.3, -0.25) is 29.8 Å². The number of hydrogen-bond donors (Lipinski definition) is 4. The molecule has 0 fully saturated rings. The highest BCUT2D eigenvalue weighted by molar-refractivity contribution is 6.34. The monoisotopic (exact) mass is 944 g/mol. The smallest absolute Gasteiger partial charge is 0.275 e. The zero-order chi connectivity index (χ0) is 47.9. The van der Waals surface area contributed by atoms with E-state index in [4.69, 9.17) is 23.2 Å². The summed E-state index contributed by atoms with van der Waals surface area (Å²) in [5.74, 6) is -2.49. The minimum Gasteiger partial charge on any atom is -0.505 e. The number of hydrogen-bond acceptors (Lipinski definition) is 14. The minimum atomic E-state index is -0.772. The molecule has 20 heteroatoms. The minimum absolute atomic E-state index is 0.00600. The van der Waals surface area contributed by atoms with Gasteiger partial charge in [-0.1, -0.05) is 108 Å². The van der Waals surface area contributed by atoms with E-state index in [1.807, 2.05) is 0 Å². The first-order valence-corrected chi connectivity index (χ1v) is 20.7. The van der Waals surface area contributed by atoms with Crippen molar-refractivity contribution in [3.05, 3.63) is 198 Å². The SMILES string of the molecule is O=C(N/N=C/c1cccc([N+](=O)[O-])c1)c1cc2ccccc2c(N=Nc2ccc(-c3ccc(N=Nc4c(O)c(C(=O)N/N=C/c5cccc([N+](=O)[O-])c5)cc5ccccc45)c(Cl)c3)cc2Cl)c1O.